The van der Waals surface area contributed by atoms with E-state index >= 15 is 0 Å². The molecule has 0 saturated carbocycles. The molecule has 0 aliphatic carbocycles. The highest BCUT2D eigenvalue weighted by molar-refractivity contribution is 8.93. The summed E-state index contributed by atoms with van der Waals surface area (Å²) < 4.78 is 25.4. The van der Waals surface area contributed by atoms with Gasteiger partial charge in [0, 0.05) is 37.7 Å². The number of fused-ring (bicyclic) bond motifs is 2. The molecule has 0 unspecified atom stereocenters. The molecule has 4 aromatic rings. The number of piperidine rings is 1. The van der Waals surface area contributed by atoms with Crippen molar-refractivity contribution >= 4 is 85.9 Å². The van der Waals surface area contributed by atoms with E-state index in [1.165, 1.54) is 14.2 Å². The number of nitrogens with two attached hydrogens (primary N) is 3. The van der Waals surface area contributed by atoms with Gasteiger partial charge in [0.25, 0.3) is 0 Å². The zero-order valence-electron chi connectivity index (χ0n) is 29.6. The molecule has 0 atom stereocenters. The van der Waals surface area contributed by atoms with Gasteiger partial charge in [-0.3, -0.25) is 4.79 Å². The third kappa shape index (κ3) is 9.48. The Bertz CT molecular complexity index is 2030. The van der Waals surface area contributed by atoms with E-state index in [9.17, 15) is 14.4 Å². The lowest BCUT2D eigenvalue weighted by Gasteiger charge is -2.31. The molecule has 1 aliphatic rings. The number of amides is 2. The Balaban J connectivity index is 0.00000364. The van der Waals surface area contributed by atoms with Crippen LogP contribution in [0.2, 0.25) is 0 Å². The summed E-state index contributed by atoms with van der Waals surface area (Å²) in [7, 11) is 2.80. The number of likely N-dealkylation sites (tertiary alicyclic amines) is 1. The number of carbonyl (C=O) groups excluding carboxylic acids is 3. The number of halogens is 2. The Hall–Kier alpha value is -4.95. The summed E-state index contributed by atoms with van der Waals surface area (Å²) in [6, 6.07) is 6.30. The van der Waals surface area contributed by atoms with E-state index in [1.807, 2.05) is 32.9 Å². The molecule has 15 nitrogen and oxygen atoms in total. The van der Waals surface area contributed by atoms with E-state index in [-0.39, 0.29) is 70.0 Å². The number of imidazole rings is 2. The number of methoxy groups -OCH3 is 2. The third-order valence-corrected chi connectivity index (χ3v) is 8.09. The maximum Gasteiger partial charge on any atom is 0.410 e. The van der Waals surface area contributed by atoms with Gasteiger partial charge in [-0.25, -0.2) is 19.6 Å². The molecule has 0 bridgehead atoms. The number of hydrogen-bond acceptors (Lipinski definition) is 11. The fraction of sp³-hybridized carbons (Fsp3) is 0.400. The summed E-state index contributed by atoms with van der Waals surface area (Å²) in [5.41, 5.74) is 20.3. The molecule has 52 heavy (non-hydrogen) atoms. The summed E-state index contributed by atoms with van der Waals surface area (Å²) in [4.78, 5) is 47.2. The standard InChI is InChI=1S/C35H42N8O7.2BrH/c1-35(2,3)50-34(46)41-14-10-21(11-15-41)9-8-16-49-27-19-22(30(36)44)17-24-29(27)43(33(38)39-24)13-7-6-12-42-28-25(40-32(42)37)18-23(31(45)48-5)20-26(28)47-4;;/h6-7,17-21H,10-16H2,1-5H3,(H2,36,44)(H2,37,40)(H2,38,39);2*1H/b7-6+;;. The predicted molar refractivity (Wildman–Crippen MR) is 208 cm³/mol. The lowest BCUT2D eigenvalue weighted by atomic mass is 9.98. The molecule has 1 fully saturated rings. The number of benzene rings is 2. The van der Waals surface area contributed by atoms with Crippen LogP contribution in [0.1, 0.15) is 54.3 Å². The number of hydrogen-bond donors (Lipinski definition) is 3. The fourth-order valence-electron chi connectivity index (χ4n) is 5.70. The smallest absolute Gasteiger partial charge is 0.410 e. The molecule has 6 N–H and O–H groups in total. The van der Waals surface area contributed by atoms with Crippen molar-refractivity contribution in [3.8, 4) is 23.3 Å². The quantitative estimate of drug-likeness (QED) is 0.118. The van der Waals surface area contributed by atoms with Gasteiger partial charge >= 0.3 is 12.1 Å². The molecule has 17 heteroatoms. The van der Waals surface area contributed by atoms with E-state index in [0.29, 0.717) is 65.3 Å². The van der Waals surface area contributed by atoms with Crippen molar-refractivity contribution in [2.75, 3.05) is 45.4 Å². The molecular weight excluding hydrogens is 804 g/mol. The second-order valence-electron chi connectivity index (χ2n) is 12.7. The first-order chi connectivity index (χ1) is 23.8. The number of nitrogens with zero attached hydrogens (tertiary/aromatic N) is 5. The van der Waals surface area contributed by atoms with E-state index in [4.69, 9.17) is 36.1 Å². The van der Waals surface area contributed by atoms with Crippen molar-refractivity contribution in [3.05, 3.63) is 47.5 Å². The molecule has 1 saturated heterocycles. The van der Waals surface area contributed by atoms with Gasteiger partial charge < -0.3 is 50.2 Å². The Morgan fingerprint density at radius 1 is 0.885 bits per heavy atom. The van der Waals surface area contributed by atoms with Crippen LogP contribution in [-0.2, 0) is 22.6 Å². The third-order valence-electron chi connectivity index (χ3n) is 8.09. The monoisotopic (exact) mass is 846 g/mol. The lowest BCUT2D eigenvalue weighted by molar-refractivity contribution is 0.0199. The van der Waals surface area contributed by atoms with Crippen molar-refractivity contribution in [2.24, 2.45) is 11.7 Å². The first kappa shape index (κ1) is 41.5. The number of esters is 1. The van der Waals surface area contributed by atoms with Gasteiger partial charge in [0.2, 0.25) is 17.8 Å². The first-order valence-corrected chi connectivity index (χ1v) is 16.0. The summed E-state index contributed by atoms with van der Waals surface area (Å²) in [6.45, 7) is 7.37. The second kappa shape index (κ2) is 17.5. The summed E-state index contributed by atoms with van der Waals surface area (Å²) in [6.07, 6.45) is 4.91. The molecule has 2 aromatic carbocycles. The zero-order valence-corrected chi connectivity index (χ0v) is 33.1. The molecule has 5 rings (SSSR count). The van der Waals surface area contributed by atoms with E-state index in [2.05, 4.69) is 21.8 Å². The molecule has 280 valence electrons. The van der Waals surface area contributed by atoms with Crippen LogP contribution in [0.25, 0.3) is 22.1 Å². The van der Waals surface area contributed by atoms with Gasteiger partial charge in [-0.15, -0.1) is 34.0 Å². The summed E-state index contributed by atoms with van der Waals surface area (Å²) in [5.74, 6) is 6.52. The summed E-state index contributed by atoms with van der Waals surface area (Å²) in [5, 5.41) is 0. The summed E-state index contributed by atoms with van der Waals surface area (Å²) >= 11 is 0. The van der Waals surface area contributed by atoms with Crippen LogP contribution in [0.4, 0.5) is 16.7 Å². The number of allylic oxidation sites excluding steroid dienone is 2. The molecular formula is C35H44Br2N8O7. The van der Waals surface area contributed by atoms with Gasteiger partial charge in [0.15, 0.2) is 0 Å². The van der Waals surface area contributed by atoms with Gasteiger partial charge in [-0.2, -0.15) is 0 Å². The van der Waals surface area contributed by atoms with Crippen molar-refractivity contribution in [1.82, 2.24) is 24.0 Å². The lowest BCUT2D eigenvalue weighted by Crippen LogP contribution is -2.41. The highest BCUT2D eigenvalue weighted by atomic mass is 79.9. The van der Waals surface area contributed by atoms with Gasteiger partial charge in [0.1, 0.15) is 34.7 Å². The number of aromatic nitrogens is 4. The number of nitrogen functional groups attached to an aromatic ring is 2. The maximum absolute atomic E-state index is 12.4. The normalized spacial score (nSPS) is 13.2. The van der Waals surface area contributed by atoms with E-state index in [1.54, 1.807) is 38.3 Å². The van der Waals surface area contributed by atoms with Crippen LogP contribution in [-0.4, -0.2) is 81.5 Å². The maximum atomic E-state index is 12.4. The average Bonchev–Trinajstić information content (AvgIpc) is 3.57. The second-order valence-corrected chi connectivity index (χ2v) is 12.7. The van der Waals surface area contributed by atoms with Crippen LogP contribution in [0.3, 0.4) is 0 Å². The van der Waals surface area contributed by atoms with E-state index < -0.39 is 17.5 Å². The molecule has 2 amide bonds. The highest BCUT2D eigenvalue weighted by Crippen LogP contribution is 2.32. The van der Waals surface area contributed by atoms with Crippen molar-refractivity contribution < 1.29 is 33.3 Å². The Kier molecular flexibility index (Phi) is 14.0. The number of primary amides is 1. The van der Waals surface area contributed by atoms with Gasteiger partial charge in [-0.05, 0) is 57.9 Å². The number of rotatable bonds is 9. The topological polar surface area (TPSA) is 205 Å². The van der Waals surface area contributed by atoms with Crippen LogP contribution in [0.15, 0.2) is 36.4 Å². The van der Waals surface area contributed by atoms with Crippen molar-refractivity contribution in [2.45, 2.75) is 52.3 Å². The molecule has 0 radical (unpaired) electrons. The number of anilines is 2. The fourth-order valence-corrected chi connectivity index (χ4v) is 5.70. The van der Waals surface area contributed by atoms with Crippen LogP contribution < -0.4 is 26.7 Å². The molecule has 1 aliphatic heterocycles. The molecule has 3 heterocycles. The minimum Gasteiger partial charge on any atom is -0.494 e. The van der Waals surface area contributed by atoms with Gasteiger partial charge in [0.05, 0.1) is 30.8 Å². The van der Waals surface area contributed by atoms with E-state index in [0.717, 1.165) is 12.8 Å². The molecule has 2 aromatic heterocycles. The van der Waals surface area contributed by atoms with Crippen LogP contribution in [0, 0.1) is 17.8 Å². The zero-order chi connectivity index (χ0) is 36.2. The van der Waals surface area contributed by atoms with Gasteiger partial charge in [-0.1, -0.05) is 24.0 Å². The SMILES string of the molecule is Br.Br.COC(=O)c1cc(OC)c2c(c1)nc(N)n2C/C=C/Cn1c(N)nc2cc(C(N)=O)cc(OCC#CC3CCN(C(=O)OC(C)(C)C)CC3)c21. The number of ether oxygens (including phenoxy) is 4. The Morgan fingerprint density at radius 2 is 1.42 bits per heavy atom. The Morgan fingerprint density at radius 3 is 1.94 bits per heavy atom. The molecule has 0 spiro atoms. The van der Waals surface area contributed by atoms with Crippen molar-refractivity contribution in [1.29, 1.82) is 0 Å². The van der Waals surface area contributed by atoms with Crippen molar-refractivity contribution in [3.63, 3.8) is 0 Å². The van der Waals surface area contributed by atoms with Crippen LogP contribution in [0.5, 0.6) is 11.5 Å². The highest BCUT2D eigenvalue weighted by Gasteiger charge is 2.26. The number of carbonyl (C=O) groups is 3. The largest absolute Gasteiger partial charge is 0.494 e. The average molecular weight is 849 g/mol. The Labute approximate surface area is 322 Å². The minimum atomic E-state index is -0.633. The first-order valence-electron chi connectivity index (χ1n) is 16.0. The minimum absolute atomic E-state index is 0. The van der Waals surface area contributed by atoms with Crippen LogP contribution >= 0.6 is 34.0 Å². The predicted octanol–water partition coefficient (Wildman–Crippen LogP) is 4.89.